The van der Waals surface area contributed by atoms with E-state index >= 15 is 0 Å². The molecule has 0 heterocycles. The van der Waals surface area contributed by atoms with Crippen LogP contribution < -0.4 is 10.1 Å². The number of carbonyl (C=O) groups is 1. The molecule has 0 spiro atoms. The van der Waals surface area contributed by atoms with Gasteiger partial charge in [0.05, 0.1) is 18.4 Å². The molecular weight excluding hydrogens is 266 g/mol. The second-order valence-electron chi connectivity index (χ2n) is 5.56. The minimum Gasteiger partial charge on any atom is -0.507 e. The fourth-order valence-electron chi connectivity index (χ4n) is 2.58. The molecule has 1 rings (SSSR count). The van der Waals surface area contributed by atoms with Crippen LogP contribution in [-0.2, 0) is 12.8 Å². The molecule has 21 heavy (non-hydrogen) atoms. The van der Waals surface area contributed by atoms with Crippen LogP contribution in [0, 0.1) is 5.92 Å². The van der Waals surface area contributed by atoms with E-state index < -0.39 is 0 Å². The third-order valence-electron chi connectivity index (χ3n) is 3.67. The first kappa shape index (κ1) is 17.3. The molecule has 0 fully saturated rings. The van der Waals surface area contributed by atoms with E-state index in [0.717, 1.165) is 36.1 Å². The fourth-order valence-corrected chi connectivity index (χ4v) is 2.58. The van der Waals surface area contributed by atoms with Crippen molar-refractivity contribution in [3.05, 3.63) is 16.7 Å². The number of phenols is 1. The number of hydrogen-bond acceptors (Lipinski definition) is 4. The lowest BCUT2D eigenvalue weighted by Gasteiger charge is -2.22. The van der Waals surface area contributed by atoms with Gasteiger partial charge in [0, 0.05) is 12.1 Å². The predicted molar refractivity (Wildman–Crippen MR) is 86.7 cm³/mol. The largest absolute Gasteiger partial charge is 0.507 e. The molecule has 0 amide bonds. The predicted octanol–water partition coefficient (Wildman–Crippen LogP) is 3.80. The molecule has 1 aromatic carbocycles. The maximum absolute atomic E-state index is 11.4. The Balaban J connectivity index is 3.53. The van der Waals surface area contributed by atoms with E-state index in [4.69, 9.17) is 4.74 Å². The lowest BCUT2D eigenvalue weighted by Crippen LogP contribution is -2.09. The van der Waals surface area contributed by atoms with Gasteiger partial charge in [-0.2, -0.15) is 0 Å². The van der Waals surface area contributed by atoms with Crippen LogP contribution in [0.5, 0.6) is 11.5 Å². The van der Waals surface area contributed by atoms with E-state index in [1.807, 2.05) is 13.8 Å². The smallest absolute Gasteiger partial charge is 0.154 e. The molecule has 1 aromatic rings. The number of hydrogen-bond donors (Lipinski definition) is 2. The van der Waals surface area contributed by atoms with Crippen molar-refractivity contribution < 1.29 is 14.6 Å². The van der Waals surface area contributed by atoms with Crippen LogP contribution in [0.4, 0.5) is 5.69 Å². The Morgan fingerprint density at radius 2 is 1.95 bits per heavy atom. The zero-order valence-corrected chi connectivity index (χ0v) is 13.7. The van der Waals surface area contributed by atoms with Gasteiger partial charge in [-0.1, -0.05) is 20.8 Å². The van der Waals surface area contributed by atoms with Crippen LogP contribution in [-0.4, -0.2) is 25.0 Å². The molecule has 0 aliphatic heterocycles. The van der Waals surface area contributed by atoms with E-state index in [9.17, 15) is 9.90 Å². The number of aldehydes is 1. The third-order valence-corrected chi connectivity index (χ3v) is 3.67. The van der Waals surface area contributed by atoms with Crippen molar-refractivity contribution in [2.75, 3.05) is 19.0 Å². The second kappa shape index (κ2) is 7.91. The summed E-state index contributed by atoms with van der Waals surface area (Å²) in [6.07, 6.45) is 3.02. The highest BCUT2D eigenvalue weighted by molar-refractivity contribution is 5.89. The number of benzene rings is 1. The van der Waals surface area contributed by atoms with Gasteiger partial charge in [0.25, 0.3) is 0 Å². The Labute approximate surface area is 127 Å². The van der Waals surface area contributed by atoms with Crippen molar-refractivity contribution in [1.82, 2.24) is 0 Å². The molecule has 0 saturated heterocycles. The van der Waals surface area contributed by atoms with E-state index in [-0.39, 0.29) is 5.75 Å². The summed E-state index contributed by atoms with van der Waals surface area (Å²) in [6.45, 7) is 8.97. The Kier molecular flexibility index (Phi) is 6.53. The van der Waals surface area contributed by atoms with Crippen LogP contribution in [0.2, 0.25) is 0 Å². The molecule has 0 bridgehead atoms. The normalized spacial score (nSPS) is 10.8. The summed E-state index contributed by atoms with van der Waals surface area (Å²) in [7, 11) is 1.61. The van der Waals surface area contributed by atoms with Crippen LogP contribution >= 0.6 is 0 Å². The second-order valence-corrected chi connectivity index (χ2v) is 5.56. The first-order chi connectivity index (χ1) is 10.0. The highest BCUT2D eigenvalue weighted by Crippen LogP contribution is 2.42. The van der Waals surface area contributed by atoms with E-state index in [0.29, 0.717) is 30.1 Å². The molecule has 4 heteroatoms. The van der Waals surface area contributed by atoms with Crippen LogP contribution in [0.3, 0.4) is 0 Å². The molecule has 118 valence electrons. The summed E-state index contributed by atoms with van der Waals surface area (Å²) >= 11 is 0. The molecule has 0 aromatic heterocycles. The van der Waals surface area contributed by atoms with Gasteiger partial charge in [-0.3, -0.25) is 4.79 Å². The monoisotopic (exact) mass is 293 g/mol. The summed E-state index contributed by atoms with van der Waals surface area (Å²) in [5.41, 5.74) is 2.75. The average Bonchev–Trinajstić information content (AvgIpc) is 2.46. The Hall–Kier alpha value is -1.71. The number of nitrogens with one attached hydrogen (secondary N) is 1. The molecule has 0 radical (unpaired) electrons. The summed E-state index contributed by atoms with van der Waals surface area (Å²) in [5, 5.41) is 13.8. The minimum atomic E-state index is 0.0704. The number of aromatic hydroxyl groups is 1. The zero-order chi connectivity index (χ0) is 16.0. The van der Waals surface area contributed by atoms with Gasteiger partial charge < -0.3 is 15.2 Å². The minimum absolute atomic E-state index is 0.0704. The number of carbonyl (C=O) groups excluding carboxylic acids is 1. The van der Waals surface area contributed by atoms with Crippen LogP contribution in [0.25, 0.3) is 0 Å². The quantitative estimate of drug-likeness (QED) is 0.565. The molecule has 0 saturated carbocycles. The van der Waals surface area contributed by atoms with E-state index in [1.54, 1.807) is 7.11 Å². The number of methoxy groups -OCH3 is 1. The maximum atomic E-state index is 11.4. The summed E-state index contributed by atoms with van der Waals surface area (Å²) in [5.74, 6) is 1.25. The van der Waals surface area contributed by atoms with Crippen molar-refractivity contribution >= 4 is 12.0 Å². The molecule has 0 aliphatic carbocycles. The van der Waals surface area contributed by atoms with Gasteiger partial charge in [0.1, 0.15) is 11.5 Å². The standard InChI is InChI=1S/C17H27NO3/c1-6-12-14(10-19)16(20)13(9-8-11(3)4)17(21-5)15(12)18-7-2/h10-11,18,20H,6-9H2,1-5H3. The Bertz CT molecular complexity index is 496. The first-order valence-corrected chi connectivity index (χ1v) is 7.65. The molecule has 0 unspecified atom stereocenters. The van der Waals surface area contributed by atoms with Gasteiger partial charge in [0.2, 0.25) is 0 Å². The lowest BCUT2D eigenvalue weighted by atomic mass is 9.93. The fraction of sp³-hybridized carbons (Fsp3) is 0.588. The summed E-state index contributed by atoms with van der Waals surface area (Å²) in [6, 6.07) is 0. The van der Waals surface area contributed by atoms with Gasteiger partial charge in [-0.05, 0) is 37.7 Å². The maximum Gasteiger partial charge on any atom is 0.154 e. The van der Waals surface area contributed by atoms with Crippen molar-refractivity contribution in [3.63, 3.8) is 0 Å². The van der Waals surface area contributed by atoms with Gasteiger partial charge in [-0.25, -0.2) is 0 Å². The van der Waals surface area contributed by atoms with Crippen molar-refractivity contribution in [1.29, 1.82) is 0 Å². The highest BCUT2D eigenvalue weighted by Gasteiger charge is 2.23. The third kappa shape index (κ3) is 3.69. The van der Waals surface area contributed by atoms with E-state index in [2.05, 4.69) is 19.2 Å². The molecule has 2 N–H and O–H groups in total. The number of phenolic OH excluding ortho intramolecular Hbond substituents is 1. The lowest BCUT2D eigenvalue weighted by molar-refractivity contribution is 0.112. The SMILES string of the molecule is CCNc1c(CC)c(C=O)c(O)c(CCC(C)C)c1OC. The highest BCUT2D eigenvalue weighted by atomic mass is 16.5. The summed E-state index contributed by atoms with van der Waals surface area (Å²) in [4.78, 5) is 11.4. The van der Waals surface area contributed by atoms with Gasteiger partial charge in [0.15, 0.2) is 6.29 Å². The van der Waals surface area contributed by atoms with E-state index in [1.165, 1.54) is 0 Å². The van der Waals surface area contributed by atoms with Crippen molar-refractivity contribution in [3.8, 4) is 11.5 Å². The molecule has 4 nitrogen and oxygen atoms in total. The molecule has 0 aliphatic rings. The van der Waals surface area contributed by atoms with Crippen molar-refractivity contribution in [2.45, 2.75) is 47.0 Å². The molecular formula is C17H27NO3. The Morgan fingerprint density at radius 3 is 2.38 bits per heavy atom. The van der Waals surface area contributed by atoms with Gasteiger partial charge >= 0.3 is 0 Å². The number of ether oxygens (including phenoxy) is 1. The number of anilines is 1. The average molecular weight is 293 g/mol. The zero-order valence-electron chi connectivity index (χ0n) is 13.7. The topological polar surface area (TPSA) is 58.6 Å². The van der Waals surface area contributed by atoms with Crippen LogP contribution in [0.1, 0.15) is 55.6 Å². The molecule has 0 atom stereocenters. The summed E-state index contributed by atoms with van der Waals surface area (Å²) < 4.78 is 5.55. The number of rotatable bonds is 8. The van der Waals surface area contributed by atoms with Crippen molar-refractivity contribution in [2.24, 2.45) is 5.92 Å². The first-order valence-electron chi connectivity index (χ1n) is 7.65. The van der Waals surface area contributed by atoms with Gasteiger partial charge in [-0.15, -0.1) is 0 Å². The van der Waals surface area contributed by atoms with Crippen LogP contribution in [0.15, 0.2) is 0 Å². The Morgan fingerprint density at radius 1 is 1.29 bits per heavy atom.